The van der Waals surface area contributed by atoms with Crippen molar-refractivity contribution in [2.24, 2.45) is 0 Å². The summed E-state index contributed by atoms with van der Waals surface area (Å²) in [6.07, 6.45) is 1.09. The molecule has 1 amide bonds. The molecule has 21 heavy (non-hydrogen) atoms. The van der Waals surface area contributed by atoms with Crippen molar-refractivity contribution >= 4 is 27.3 Å². The van der Waals surface area contributed by atoms with Crippen molar-refractivity contribution in [3.05, 3.63) is 23.8 Å². The number of methoxy groups -OCH3 is 1. The Balaban J connectivity index is 2.57. The highest BCUT2D eigenvalue weighted by atomic mass is 32.2. The zero-order valence-electron chi connectivity index (χ0n) is 12.4. The van der Waals surface area contributed by atoms with Gasteiger partial charge in [0.25, 0.3) is 0 Å². The second-order valence-corrected chi connectivity index (χ2v) is 6.37. The number of amides is 1. The van der Waals surface area contributed by atoms with E-state index in [1.165, 1.54) is 0 Å². The maximum atomic E-state index is 11.7. The zero-order chi connectivity index (χ0) is 15.9. The molecule has 0 spiro atoms. The predicted molar refractivity (Wildman–Crippen MR) is 83.0 cm³/mol. The fraction of sp³-hybridized carbons (Fsp3) is 0.462. The van der Waals surface area contributed by atoms with E-state index in [0.717, 1.165) is 11.8 Å². The van der Waals surface area contributed by atoms with E-state index in [0.29, 0.717) is 24.5 Å². The van der Waals surface area contributed by atoms with Gasteiger partial charge in [-0.05, 0) is 30.7 Å². The summed E-state index contributed by atoms with van der Waals surface area (Å²) >= 11 is 0. The van der Waals surface area contributed by atoms with E-state index >= 15 is 0 Å². The Labute approximate surface area is 125 Å². The number of rotatable bonds is 8. The molecular weight excluding hydrogens is 294 g/mol. The van der Waals surface area contributed by atoms with Crippen LogP contribution in [0.4, 0.5) is 11.4 Å². The number of nitrogens with one attached hydrogen (secondary N) is 3. The van der Waals surface area contributed by atoms with Crippen LogP contribution in [-0.2, 0) is 19.6 Å². The maximum absolute atomic E-state index is 11.7. The molecule has 0 aliphatic carbocycles. The van der Waals surface area contributed by atoms with Gasteiger partial charge in [0.15, 0.2) is 0 Å². The number of ether oxygens (including phenoxy) is 1. The first kappa shape index (κ1) is 17.4. The van der Waals surface area contributed by atoms with Crippen molar-refractivity contribution in [2.45, 2.75) is 6.92 Å². The maximum Gasteiger partial charge on any atom is 0.238 e. The SMILES string of the molecule is COCCNCC(=O)Nc1ccc(NS(C)(=O)=O)c(C)c1. The van der Waals surface area contributed by atoms with Crippen molar-refractivity contribution in [2.75, 3.05) is 43.1 Å². The first-order valence-corrected chi connectivity index (χ1v) is 8.29. The van der Waals surface area contributed by atoms with E-state index in [2.05, 4.69) is 15.4 Å². The average Bonchev–Trinajstić information content (AvgIpc) is 2.37. The molecule has 0 fully saturated rings. The summed E-state index contributed by atoms with van der Waals surface area (Å²) in [6, 6.07) is 4.97. The molecule has 0 unspecified atom stereocenters. The molecule has 0 saturated heterocycles. The van der Waals surface area contributed by atoms with Gasteiger partial charge in [0.1, 0.15) is 0 Å². The fourth-order valence-corrected chi connectivity index (χ4v) is 2.27. The number of carbonyl (C=O) groups excluding carboxylic acids is 1. The lowest BCUT2D eigenvalue weighted by atomic mass is 10.2. The quantitative estimate of drug-likeness (QED) is 0.609. The molecule has 0 saturated carbocycles. The fourth-order valence-electron chi connectivity index (χ4n) is 1.64. The molecule has 0 aliphatic heterocycles. The molecule has 118 valence electrons. The Morgan fingerprint density at radius 2 is 2.05 bits per heavy atom. The van der Waals surface area contributed by atoms with E-state index in [-0.39, 0.29) is 12.5 Å². The van der Waals surface area contributed by atoms with Gasteiger partial charge in [-0.15, -0.1) is 0 Å². The molecule has 1 aromatic carbocycles. The van der Waals surface area contributed by atoms with Gasteiger partial charge in [0.2, 0.25) is 15.9 Å². The molecule has 7 nitrogen and oxygen atoms in total. The third-order valence-corrected chi connectivity index (χ3v) is 3.16. The highest BCUT2D eigenvalue weighted by molar-refractivity contribution is 7.92. The minimum atomic E-state index is -3.31. The van der Waals surface area contributed by atoms with Crippen LogP contribution in [0.5, 0.6) is 0 Å². The zero-order valence-corrected chi connectivity index (χ0v) is 13.2. The summed E-state index contributed by atoms with van der Waals surface area (Å²) in [4.78, 5) is 11.7. The van der Waals surface area contributed by atoms with Gasteiger partial charge >= 0.3 is 0 Å². The third kappa shape index (κ3) is 7.07. The molecule has 0 bridgehead atoms. The van der Waals surface area contributed by atoms with E-state index in [4.69, 9.17) is 4.74 Å². The Morgan fingerprint density at radius 3 is 2.62 bits per heavy atom. The van der Waals surface area contributed by atoms with Crippen LogP contribution in [-0.4, -0.2) is 47.4 Å². The normalized spacial score (nSPS) is 11.2. The summed E-state index contributed by atoms with van der Waals surface area (Å²) < 4.78 is 29.6. The summed E-state index contributed by atoms with van der Waals surface area (Å²) in [5.41, 5.74) is 1.84. The number of aryl methyl sites for hydroxylation is 1. The number of anilines is 2. The van der Waals surface area contributed by atoms with Gasteiger partial charge < -0.3 is 15.4 Å². The van der Waals surface area contributed by atoms with Crippen molar-refractivity contribution in [1.29, 1.82) is 0 Å². The summed E-state index contributed by atoms with van der Waals surface area (Å²) in [5, 5.41) is 5.66. The first-order valence-electron chi connectivity index (χ1n) is 6.40. The number of benzene rings is 1. The van der Waals surface area contributed by atoms with Crippen molar-refractivity contribution in [3.63, 3.8) is 0 Å². The van der Waals surface area contributed by atoms with Crippen LogP contribution in [0.2, 0.25) is 0 Å². The average molecular weight is 315 g/mol. The first-order chi connectivity index (χ1) is 9.81. The van der Waals surface area contributed by atoms with Crippen molar-refractivity contribution in [3.8, 4) is 0 Å². The summed E-state index contributed by atoms with van der Waals surface area (Å²) in [7, 11) is -1.72. The molecule has 3 N–H and O–H groups in total. The van der Waals surface area contributed by atoms with Crippen LogP contribution in [0.25, 0.3) is 0 Å². The second kappa shape index (κ2) is 7.96. The molecule has 0 aromatic heterocycles. The lowest BCUT2D eigenvalue weighted by molar-refractivity contribution is -0.115. The summed E-state index contributed by atoms with van der Waals surface area (Å²) in [5.74, 6) is -0.172. The molecule has 0 atom stereocenters. The van der Waals surface area contributed by atoms with E-state index in [9.17, 15) is 13.2 Å². The van der Waals surface area contributed by atoms with Gasteiger partial charge in [-0.1, -0.05) is 0 Å². The monoisotopic (exact) mass is 315 g/mol. The van der Waals surface area contributed by atoms with Gasteiger partial charge in [-0.3, -0.25) is 9.52 Å². The standard InChI is InChI=1S/C13H21N3O4S/c1-10-8-11(4-5-12(10)16-21(3,18)19)15-13(17)9-14-6-7-20-2/h4-5,8,14,16H,6-7,9H2,1-3H3,(H,15,17). The molecule has 0 radical (unpaired) electrons. The molecular formula is C13H21N3O4S. The van der Waals surface area contributed by atoms with Gasteiger partial charge in [-0.2, -0.15) is 0 Å². The summed E-state index contributed by atoms with van der Waals surface area (Å²) in [6.45, 7) is 3.09. The lowest BCUT2D eigenvalue weighted by Crippen LogP contribution is -2.30. The molecule has 0 aliphatic rings. The smallest absolute Gasteiger partial charge is 0.238 e. The number of hydrogen-bond acceptors (Lipinski definition) is 5. The van der Waals surface area contributed by atoms with E-state index < -0.39 is 10.0 Å². The van der Waals surface area contributed by atoms with Crippen LogP contribution in [0.3, 0.4) is 0 Å². The molecule has 1 rings (SSSR count). The minimum absolute atomic E-state index is 0.172. The Bertz CT molecular complexity index is 587. The van der Waals surface area contributed by atoms with E-state index in [1.54, 1.807) is 32.2 Å². The van der Waals surface area contributed by atoms with Gasteiger partial charge in [0, 0.05) is 19.3 Å². The second-order valence-electron chi connectivity index (χ2n) is 4.62. The number of carbonyl (C=O) groups is 1. The third-order valence-electron chi connectivity index (χ3n) is 2.57. The molecule has 0 heterocycles. The molecule has 1 aromatic rings. The highest BCUT2D eigenvalue weighted by Gasteiger charge is 2.07. The highest BCUT2D eigenvalue weighted by Crippen LogP contribution is 2.20. The van der Waals surface area contributed by atoms with Crippen LogP contribution in [0.1, 0.15) is 5.56 Å². The van der Waals surface area contributed by atoms with Gasteiger partial charge in [-0.25, -0.2) is 8.42 Å². The van der Waals surface area contributed by atoms with Crippen LogP contribution < -0.4 is 15.4 Å². The van der Waals surface area contributed by atoms with Crippen LogP contribution >= 0.6 is 0 Å². The molecule has 8 heteroatoms. The van der Waals surface area contributed by atoms with Crippen LogP contribution in [0.15, 0.2) is 18.2 Å². The number of sulfonamides is 1. The minimum Gasteiger partial charge on any atom is -0.383 e. The largest absolute Gasteiger partial charge is 0.383 e. The topological polar surface area (TPSA) is 96.5 Å². The van der Waals surface area contributed by atoms with Gasteiger partial charge in [0.05, 0.1) is 25.1 Å². The van der Waals surface area contributed by atoms with E-state index in [1.807, 2.05) is 0 Å². The Morgan fingerprint density at radius 1 is 1.33 bits per heavy atom. The van der Waals surface area contributed by atoms with Crippen molar-refractivity contribution in [1.82, 2.24) is 5.32 Å². The Hall–Kier alpha value is -1.64. The Kier molecular flexibility index (Phi) is 6.60. The lowest BCUT2D eigenvalue weighted by Gasteiger charge is -2.11. The van der Waals surface area contributed by atoms with Crippen molar-refractivity contribution < 1.29 is 17.9 Å². The number of hydrogen-bond donors (Lipinski definition) is 3. The van der Waals surface area contributed by atoms with Crippen LogP contribution in [0, 0.1) is 6.92 Å². The predicted octanol–water partition coefficient (Wildman–Crippen LogP) is 0.541.